The Bertz CT molecular complexity index is 169. The minimum Gasteiger partial charge on any atom is -0.380 e. The van der Waals surface area contributed by atoms with Gasteiger partial charge in [0, 0.05) is 32.7 Å². The summed E-state index contributed by atoms with van der Waals surface area (Å²) in [5, 5.41) is 0. The van der Waals surface area contributed by atoms with E-state index < -0.39 is 0 Å². The first kappa shape index (κ1) is 15.7. The van der Waals surface area contributed by atoms with Crippen molar-refractivity contribution in [2.24, 2.45) is 0 Å². The Kier molecular flexibility index (Phi) is 11.0. The average Bonchev–Trinajstić information content (AvgIpc) is 2.28. The first-order chi connectivity index (χ1) is 7.76. The fourth-order valence-corrected chi connectivity index (χ4v) is 1.44. The van der Waals surface area contributed by atoms with E-state index in [2.05, 4.69) is 12.6 Å². The van der Waals surface area contributed by atoms with E-state index in [4.69, 9.17) is 9.47 Å². The maximum absolute atomic E-state index is 11.7. The number of thiol groups is 1. The third-order valence-corrected chi connectivity index (χ3v) is 2.32. The number of carbonyl (C=O) groups is 1. The summed E-state index contributed by atoms with van der Waals surface area (Å²) < 4.78 is 10.5. The Morgan fingerprint density at radius 3 is 2.00 bits per heavy atom. The van der Waals surface area contributed by atoms with Crippen molar-refractivity contribution < 1.29 is 14.3 Å². The van der Waals surface area contributed by atoms with Gasteiger partial charge in [-0.25, -0.2) is 0 Å². The number of nitrogens with zero attached hydrogens (tertiary/aromatic N) is 1. The molecule has 0 unspecified atom stereocenters. The molecule has 0 aromatic heterocycles. The number of hydrogen-bond donors (Lipinski definition) is 1. The lowest BCUT2D eigenvalue weighted by atomic mass is 10.3. The van der Waals surface area contributed by atoms with Crippen molar-refractivity contribution in [2.45, 2.75) is 20.3 Å². The fourth-order valence-electron chi connectivity index (χ4n) is 1.25. The normalized spacial score (nSPS) is 10.4. The summed E-state index contributed by atoms with van der Waals surface area (Å²) in [7, 11) is 0. The van der Waals surface area contributed by atoms with Gasteiger partial charge in [0.2, 0.25) is 5.91 Å². The van der Waals surface area contributed by atoms with E-state index in [1.165, 1.54) is 0 Å². The van der Waals surface area contributed by atoms with E-state index >= 15 is 0 Å². The molecule has 0 N–H and O–H groups in total. The van der Waals surface area contributed by atoms with Gasteiger partial charge in [-0.1, -0.05) is 0 Å². The molecule has 0 atom stereocenters. The van der Waals surface area contributed by atoms with Gasteiger partial charge in [-0.3, -0.25) is 4.79 Å². The van der Waals surface area contributed by atoms with E-state index in [0.29, 0.717) is 51.7 Å². The second kappa shape index (κ2) is 11.2. The maximum atomic E-state index is 11.7. The van der Waals surface area contributed by atoms with Crippen LogP contribution in [0.2, 0.25) is 0 Å². The Labute approximate surface area is 104 Å². The van der Waals surface area contributed by atoms with Gasteiger partial charge in [0.15, 0.2) is 0 Å². The van der Waals surface area contributed by atoms with Crippen molar-refractivity contribution >= 4 is 18.5 Å². The zero-order valence-corrected chi connectivity index (χ0v) is 11.2. The van der Waals surface area contributed by atoms with Gasteiger partial charge < -0.3 is 14.4 Å². The summed E-state index contributed by atoms with van der Waals surface area (Å²) in [6.45, 7) is 7.68. The topological polar surface area (TPSA) is 38.8 Å². The van der Waals surface area contributed by atoms with Gasteiger partial charge >= 0.3 is 0 Å². The molecule has 0 rings (SSSR count). The zero-order chi connectivity index (χ0) is 12.2. The molecule has 0 radical (unpaired) electrons. The van der Waals surface area contributed by atoms with Crippen molar-refractivity contribution in [1.29, 1.82) is 0 Å². The van der Waals surface area contributed by atoms with E-state index in [-0.39, 0.29) is 5.91 Å². The molecule has 0 aromatic carbocycles. The molecule has 0 bridgehead atoms. The van der Waals surface area contributed by atoms with Crippen molar-refractivity contribution in [3.63, 3.8) is 0 Å². The third-order valence-electron chi connectivity index (χ3n) is 2.10. The standard InChI is InChI=1S/C11H23NO3S/c1-3-14-8-6-12(7-9-15-4-2)11(13)5-10-16/h16H,3-10H2,1-2H3. The van der Waals surface area contributed by atoms with Crippen LogP contribution in [0.1, 0.15) is 20.3 Å². The average molecular weight is 249 g/mol. The molecule has 96 valence electrons. The number of ether oxygens (including phenoxy) is 2. The molecule has 0 fully saturated rings. The van der Waals surface area contributed by atoms with E-state index in [0.717, 1.165) is 0 Å². The number of rotatable bonds is 10. The van der Waals surface area contributed by atoms with Gasteiger partial charge in [-0.15, -0.1) is 0 Å². The SMILES string of the molecule is CCOCCN(CCOCC)C(=O)CCS. The Hall–Kier alpha value is -0.260. The molecular weight excluding hydrogens is 226 g/mol. The summed E-state index contributed by atoms with van der Waals surface area (Å²) in [5.74, 6) is 0.702. The van der Waals surface area contributed by atoms with Crippen molar-refractivity contribution in [1.82, 2.24) is 4.90 Å². The van der Waals surface area contributed by atoms with Crippen LogP contribution in [0.5, 0.6) is 0 Å². The lowest BCUT2D eigenvalue weighted by molar-refractivity contribution is -0.132. The molecule has 16 heavy (non-hydrogen) atoms. The van der Waals surface area contributed by atoms with Crippen LogP contribution in [0.4, 0.5) is 0 Å². The summed E-state index contributed by atoms with van der Waals surface area (Å²) >= 11 is 4.06. The molecule has 0 aliphatic rings. The fraction of sp³-hybridized carbons (Fsp3) is 0.909. The first-order valence-corrected chi connectivity index (χ1v) is 6.43. The van der Waals surface area contributed by atoms with E-state index in [1.807, 2.05) is 13.8 Å². The highest BCUT2D eigenvalue weighted by molar-refractivity contribution is 7.80. The second-order valence-electron chi connectivity index (χ2n) is 3.25. The smallest absolute Gasteiger partial charge is 0.223 e. The second-order valence-corrected chi connectivity index (χ2v) is 3.70. The molecule has 0 aromatic rings. The predicted octanol–water partition coefficient (Wildman–Crippen LogP) is 1.21. The molecule has 0 spiro atoms. The summed E-state index contributed by atoms with van der Waals surface area (Å²) in [6.07, 6.45) is 0.474. The van der Waals surface area contributed by atoms with E-state index in [9.17, 15) is 4.79 Å². The van der Waals surface area contributed by atoms with Crippen LogP contribution in [-0.4, -0.2) is 56.1 Å². The van der Waals surface area contributed by atoms with Crippen LogP contribution in [0.25, 0.3) is 0 Å². The van der Waals surface area contributed by atoms with E-state index in [1.54, 1.807) is 4.90 Å². The first-order valence-electron chi connectivity index (χ1n) is 5.80. The van der Waals surface area contributed by atoms with Gasteiger partial charge in [-0.2, -0.15) is 12.6 Å². The monoisotopic (exact) mass is 249 g/mol. The molecule has 0 saturated heterocycles. The summed E-state index contributed by atoms with van der Waals surface area (Å²) in [5.41, 5.74) is 0. The Morgan fingerprint density at radius 2 is 1.62 bits per heavy atom. The van der Waals surface area contributed by atoms with Crippen LogP contribution in [0, 0.1) is 0 Å². The summed E-state index contributed by atoms with van der Waals surface area (Å²) in [6, 6.07) is 0. The van der Waals surface area contributed by atoms with Crippen LogP contribution >= 0.6 is 12.6 Å². The molecule has 0 aliphatic heterocycles. The number of amides is 1. The van der Waals surface area contributed by atoms with Crippen LogP contribution in [-0.2, 0) is 14.3 Å². The number of hydrogen-bond acceptors (Lipinski definition) is 4. The molecule has 0 saturated carbocycles. The molecule has 1 amide bonds. The third kappa shape index (κ3) is 7.96. The minimum atomic E-state index is 0.120. The number of carbonyl (C=O) groups excluding carboxylic acids is 1. The largest absolute Gasteiger partial charge is 0.380 e. The Morgan fingerprint density at radius 1 is 1.12 bits per heavy atom. The molecule has 5 heteroatoms. The quantitative estimate of drug-likeness (QED) is 0.467. The van der Waals surface area contributed by atoms with Crippen molar-refractivity contribution in [3.8, 4) is 0 Å². The van der Waals surface area contributed by atoms with Gasteiger partial charge in [-0.05, 0) is 19.6 Å². The van der Waals surface area contributed by atoms with Gasteiger partial charge in [0.25, 0.3) is 0 Å². The zero-order valence-electron chi connectivity index (χ0n) is 10.3. The predicted molar refractivity (Wildman–Crippen MR) is 68.0 cm³/mol. The molecular formula is C11H23NO3S. The highest BCUT2D eigenvalue weighted by atomic mass is 32.1. The molecule has 0 aliphatic carbocycles. The Balaban J connectivity index is 3.89. The minimum absolute atomic E-state index is 0.120. The van der Waals surface area contributed by atoms with Crippen LogP contribution in [0.3, 0.4) is 0 Å². The van der Waals surface area contributed by atoms with Crippen LogP contribution in [0.15, 0.2) is 0 Å². The lowest BCUT2D eigenvalue weighted by Gasteiger charge is -2.22. The summed E-state index contributed by atoms with van der Waals surface area (Å²) in [4.78, 5) is 13.5. The highest BCUT2D eigenvalue weighted by Gasteiger charge is 2.11. The molecule has 0 heterocycles. The van der Waals surface area contributed by atoms with Gasteiger partial charge in [0.05, 0.1) is 13.2 Å². The lowest BCUT2D eigenvalue weighted by Crippen LogP contribution is -2.36. The van der Waals surface area contributed by atoms with Crippen molar-refractivity contribution in [2.75, 3.05) is 45.3 Å². The molecule has 4 nitrogen and oxygen atoms in total. The van der Waals surface area contributed by atoms with Crippen LogP contribution < -0.4 is 0 Å². The van der Waals surface area contributed by atoms with Crippen molar-refractivity contribution in [3.05, 3.63) is 0 Å². The highest BCUT2D eigenvalue weighted by Crippen LogP contribution is 1.97. The maximum Gasteiger partial charge on any atom is 0.223 e. The van der Waals surface area contributed by atoms with Gasteiger partial charge in [0.1, 0.15) is 0 Å².